The summed E-state index contributed by atoms with van der Waals surface area (Å²) in [5, 5.41) is 0.720. The first kappa shape index (κ1) is 14.8. The number of hydrogen-bond donors (Lipinski definition) is 2. The highest BCUT2D eigenvalue weighted by Gasteiger charge is 2.15. The van der Waals surface area contributed by atoms with Crippen LogP contribution in [0.2, 0.25) is 0 Å². The van der Waals surface area contributed by atoms with E-state index in [-0.39, 0.29) is 0 Å². The molecule has 1 aromatic carbocycles. The predicted octanol–water partition coefficient (Wildman–Crippen LogP) is 2.52. The van der Waals surface area contributed by atoms with Crippen LogP contribution in [0.25, 0.3) is 10.9 Å². The summed E-state index contributed by atoms with van der Waals surface area (Å²) in [5.74, 6) is 0.309. The molecule has 6 nitrogen and oxygen atoms in total. The van der Waals surface area contributed by atoms with Gasteiger partial charge in [0.25, 0.3) is 11.8 Å². The van der Waals surface area contributed by atoms with Gasteiger partial charge in [0.2, 0.25) is 0 Å². The lowest BCUT2D eigenvalue weighted by molar-refractivity contribution is 0.0846. The minimum atomic E-state index is -0.425. The first-order valence-corrected chi connectivity index (χ1v) is 7.08. The average molecular weight is 309 g/mol. The summed E-state index contributed by atoms with van der Waals surface area (Å²) in [7, 11) is 0. The highest BCUT2D eigenvalue weighted by molar-refractivity contribution is 6.07. The minimum Gasteiger partial charge on any atom is -0.466 e. The van der Waals surface area contributed by atoms with Crippen molar-refractivity contribution >= 4 is 22.7 Å². The molecular formula is C17H15N3O3. The van der Waals surface area contributed by atoms with Gasteiger partial charge in [-0.2, -0.15) is 0 Å². The van der Waals surface area contributed by atoms with Crippen LogP contribution < -0.4 is 10.9 Å². The number of carbonyl (C=O) groups excluding carboxylic acids is 2. The van der Waals surface area contributed by atoms with Crippen molar-refractivity contribution in [2.24, 2.45) is 0 Å². The molecule has 2 amide bonds. The van der Waals surface area contributed by atoms with Crippen LogP contribution in [0, 0.1) is 13.8 Å². The number of pyridine rings is 1. The second-order valence-electron chi connectivity index (χ2n) is 5.11. The molecule has 23 heavy (non-hydrogen) atoms. The van der Waals surface area contributed by atoms with E-state index in [1.807, 2.05) is 24.3 Å². The third-order valence-electron chi connectivity index (χ3n) is 3.47. The molecule has 3 rings (SSSR count). The zero-order chi connectivity index (χ0) is 16.4. The van der Waals surface area contributed by atoms with E-state index in [9.17, 15) is 9.59 Å². The zero-order valence-corrected chi connectivity index (χ0v) is 12.7. The summed E-state index contributed by atoms with van der Waals surface area (Å²) in [6, 6.07) is 10.5. The van der Waals surface area contributed by atoms with Crippen molar-refractivity contribution in [1.82, 2.24) is 15.8 Å². The number of benzene rings is 1. The van der Waals surface area contributed by atoms with Crippen molar-refractivity contribution in [3.8, 4) is 0 Å². The van der Waals surface area contributed by atoms with E-state index in [0.29, 0.717) is 28.2 Å². The maximum Gasteiger partial charge on any atom is 0.273 e. The van der Waals surface area contributed by atoms with Crippen LogP contribution >= 0.6 is 0 Å². The van der Waals surface area contributed by atoms with E-state index in [0.717, 1.165) is 5.39 Å². The molecule has 0 aliphatic heterocycles. The summed E-state index contributed by atoms with van der Waals surface area (Å²) in [6.07, 6.45) is 1.56. The molecule has 0 fully saturated rings. The monoisotopic (exact) mass is 309 g/mol. The molecule has 2 aromatic heterocycles. The van der Waals surface area contributed by atoms with E-state index >= 15 is 0 Å². The topological polar surface area (TPSA) is 84.2 Å². The van der Waals surface area contributed by atoms with Gasteiger partial charge in [-0.25, -0.2) is 0 Å². The molecule has 0 spiro atoms. The summed E-state index contributed by atoms with van der Waals surface area (Å²) in [6.45, 7) is 3.45. The number of aryl methyl sites for hydroxylation is 2. The summed E-state index contributed by atoms with van der Waals surface area (Å²) >= 11 is 0. The SMILES string of the molecule is Cc1cc(C(=O)NNC(=O)c2ccnc3ccccc23)c(C)o1. The zero-order valence-electron chi connectivity index (χ0n) is 12.7. The number of fused-ring (bicyclic) bond motifs is 1. The van der Waals surface area contributed by atoms with Crippen molar-refractivity contribution in [2.45, 2.75) is 13.8 Å². The van der Waals surface area contributed by atoms with Crippen LogP contribution in [0.3, 0.4) is 0 Å². The number of hydrogen-bond acceptors (Lipinski definition) is 4. The molecule has 0 radical (unpaired) electrons. The van der Waals surface area contributed by atoms with Gasteiger partial charge in [0.15, 0.2) is 0 Å². The molecule has 0 atom stereocenters. The van der Waals surface area contributed by atoms with Crippen molar-refractivity contribution in [1.29, 1.82) is 0 Å². The normalized spacial score (nSPS) is 10.5. The van der Waals surface area contributed by atoms with Crippen molar-refractivity contribution in [3.63, 3.8) is 0 Å². The fourth-order valence-electron chi connectivity index (χ4n) is 2.40. The van der Waals surface area contributed by atoms with Crippen LogP contribution in [0.5, 0.6) is 0 Å². The number of carbonyl (C=O) groups is 2. The predicted molar refractivity (Wildman–Crippen MR) is 84.9 cm³/mol. The average Bonchev–Trinajstić information content (AvgIpc) is 2.90. The number of rotatable bonds is 2. The van der Waals surface area contributed by atoms with E-state index < -0.39 is 11.8 Å². The molecule has 0 saturated heterocycles. The number of para-hydroxylation sites is 1. The molecule has 0 bridgehead atoms. The maximum atomic E-state index is 12.3. The fraction of sp³-hybridized carbons (Fsp3) is 0.118. The Morgan fingerprint density at radius 3 is 2.39 bits per heavy atom. The highest BCUT2D eigenvalue weighted by Crippen LogP contribution is 2.16. The second kappa shape index (κ2) is 5.92. The Labute approximate surface area is 132 Å². The van der Waals surface area contributed by atoms with Gasteiger partial charge in [0.05, 0.1) is 16.6 Å². The van der Waals surface area contributed by atoms with Crippen LogP contribution in [0.4, 0.5) is 0 Å². The molecule has 116 valence electrons. The number of hydrazine groups is 1. The second-order valence-corrected chi connectivity index (χ2v) is 5.11. The molecule has 6 heteroatoms. The Hall–Kier alpha value is -3.15. The lowest BCUT2D eigenvalue weighted by Crippen LogP contribution is -2.41. The van der Waals surface area contributed by atoms with Gasteiger partial charge in [-0.3, -0.25) is 25.4 Å². The molecule has 2 heterocycles. The molecule has 0 saturated carbocycles. The van der Waals surface area contributed by atoms with Crippen molar-refractivity contribution in [3.05, 3.63) is 65.2 Å². The molecule has 0 unspecified atom stereocenters. The van der Waals surface area contributed by atoms with Gasteiger partial charge in [0.1, 0.15) is 11.5 Å². The smallest absolute Gasteiger partial charge is 0.273 e. The summed E-state index contributed by atoms with van der Waals surface area (Å²) < 4.78 is 5.30. The first-order chi connectivity index (χ1) is 11.1. The quantitative estimate of drug-likeness (QED) is 0.712. The maximum absolute atomic E-state index is 12.3. The van der Waals surface area contributed by atoms with E-state index in [4.69, 9.17) is 4.42 Å². The number of nitrogens with zero attached hydrogens (tertiary/aromatic N) is 1. The Bertz CT molecular complexity index is 894. The molecule has 3 aromatic rings. The molecule has 2 N–H and O–H groups in total. The first-order valence-electron chi connectivity index (χ1n) is 7.08. The van der Waals surface area contributed by atoms with Crippen molar-refractivity contribution < 1.29 is 14.0 Å². The summed E-state index contributed by atoms with van der Waals surface area (Å²) in [5.41, 5.74) is 6.36. The Balaban J connectivity index is 1.76. The number of furan rings is 1. The third kappa shape index (κ3) is 2.91. The van der Waals surface area contributed by atoms with E-state index in [1.165, 1.54) is 0 Å². The number of nitrogens with one attached hydrogen (secondary N) is 2. The lowest BCUT2D eigenvalue weighted by Gasteiger charge is -2.08. The van der Waals surface area contributed by atoms with Gasteiger partial charge < -0.3 is 4.42 Å². The Kier molecular flexibility index (Phi) is 3.80. The largest absolute Gasteiger partial charge is 0.466 e. The van der Waals surface area contributed by atoms with Crippen molar-refractivity contribution in [2.75, 3.05) is 0 Å². The van der Waals surface area contributed by atoms with Gasteiger partial charge in [0, 0.05) is 11.6 Å². The fourth-order valence-corrected chi connectivity index (χ4v) is 2.40. The highest BCUT2D eigenvalue weighted by atomic mass is 16.3. The van der Waals surface area contributed by atoms with E-state index in [2.05, 4.69) is 15.8 Å². The van der Waals surface area contributed by atoms with Crippen LogP contribution in [0.1, 0.15) is 32.2 Å². The van der Waals surface area contributed by atoms with Gasteiger partial charge >= 0.3 is 0 Å². The molecular weight excluding hydrogens is 294 g/mol. The Morgan fingerprint density at radius 1 is 1.00 bits per heavy atom. The lowest BCUT2D eigenvalue weighted by atomic mass is 10.1. The summed E-state index contributed by atoms with van der Waals surface area (Å²) in [4.78, 5) is 28.6. The van der Waals surface area contributed by atoms with E-state index in [1.54, 1.807) is 32.2 Å². The van der Waals surface area contributed by atoms with Crippen LogP contribution in [-0.4, -0.2) is 16.8 Å². The molecule has 0 aliphatic rings. The number of amides is 2. The van der Waals surface area contributed by atoms with Gasteiger partial charge in [-0.1, -0.05) is 18.2 Å². The van der Waals surface area contributed by atoms with Gasteiger partial charge in [-0.05, 0) is 32.0 Å². The third-order valence-corrected chi connectivity index (χ3v) is 3.47. The Morgan fingerprint density at radius 2 is 1.70 bits per heavy atom. The van der Waals surface area contributed by atoms with Gasteiger partial charge in [-0.15, -0.1) is 0 Å². The molecule has 0 aliphatic carbocycles. The standard InChI is InChI=1S/C17H15N3O3/c1-10-9-14(11(2)23-10)17(22)20-19-16(21)13-7-8-18-15-6-4-3-5-12(13)15/h3-9H,1-2H3,(H,19,21)(H,20,22). The van der Waals surface area contributed by atoms with Crippen LogP contribution in [0.15, 0.2) is 47.0 Å². The number of aromatic nitrogens is 1. The minimum absolute atomic E-state index is 0.391. The van der Waals surface area contributed by atoms with Crippen LogP contribution in [-0.2, 0) is 0 Å².